The molecular formula is C12H16N2O4. The molecule has 18 heavy (non-hydrogen) atoms. The average molecular weight is 252 g/mol. The third-order valence-corrected chi connectivity index (χ3v) is 2.13. The van der Waals surface area contributed by atoms with Crippen molar-refractivity contribution >= 4 is 5.97 Å². The molecule has 0 spiro atoms. The topological polar surface area (TPSA) is 81.5 Å². The quantitative estimate of drug-likeness (QED) is 0.616. The van der Waals surface area contributed by atoms with Crippen LogP contribution in [0, 0.1) is 16.0 Å². The standard InChI is InChI=1S/C12H16N2O4/c1-9(2)7-13-18-12(15)11-5-3-4-10(6-11)8-14(16)17/h3-6,9,13H,7-8H2,1-2H3. The molecule has 0 heterocycles. The maximum atomic E-state index is 11.6. The first-order valence-corrected chi connectivity index (χ1v) is 5.64. The van der Waals surface area contributed by atoms with Gasteiger partial charge in [-0.25, -0.2) is 4.79 Å². The first kappa shape index (κ1) is 14.1. The number of carbonyl (C=O) groups excluding carboxylic acids is 1. The summed E-state index contributed by atoms with van der Waals surface area (Å²) in [7, 11) is 0. The van der Waals surface area contributed by atoms with Gasteiger partial charge in [-0.2, -0.15) is 5.48 Å². The van der Waals surface area contributed by atoms with E-state index in [0.29, 0.717) is 23.6 Å². The lowest BCUT2D eigenvalue weighted by Gasteiger charge is -2.08. The Bertz CT molecular complexity index is 432. The third kappa shape index (κ3) is 4.92. The number of carbonyl (C=O) groups is 1. The number of nitrogens with one attached hydrogen (secondary N) is 1. The lowest BCUT2D eigenvalue weighted by Crippen LogP contribution is -2.24. The molecule has 6 heteroatoms. The van der Waals surface area contributed by atoms with E-state index in [-0.39, 0.29) is 6.54 Å². The molecule has 1 aromatic rings. The summed E-state index contributed by atoms with van der Waals surface area (Å²) in [5, 5.41) is 10.4. The Morgan fingerprint density at radius 3 is 2.83 bits per heavy atom. The van der Waals surface area contributed by atoms with E-state index < -0.39 is 10.9 Å². The number of hydrogen-bond acceptors (Lipinski definition) is 5. The highest BCUT2D eigenvalue weighted by Crippen LogP contribution is 2.07. The lowest BCUT2D eigenvalue weighted by molar-refractivity contribution is -0.496. The van der Waals surface area contributed by atoms with Crippen molar-refractivity contribution in [1.82, 2.24) is 5.48 Å². The van der Waals surface area contributed by atoms with E-state index >= 15 is 0 Å². The minimum atomic E-state index is -0.541. The van der Waals surface area contributed by atoms with Crippen LogP contribution in [0.25, 0.3) is 0 Å². The zero-order valence-electron chi connectivity index (χ0n) is 10.4. The van der Waals surface area contributed by atoms with Crippen molar-refractivity contribution in [2.24, 2.45) is 5.92 Å². The smallest absolute Gasteiger partial charge is 0.356 e. The van der Waals surface area contributed by atoms with Crippen LogP contribution in [0.2, 0.25) is 0 Å². The Balaban J connectivity index is 2.59. The SMILES string of the molecule is CC(C)CNOC(=O)c1cccc(C[N+](=O)[O-])c1. The van der Waals surface area contributed by atoms with Crippen LogP contribution in [0.1, 0.15) is 29.8 Å². The zero-order valence-corrected chi connectivity index (χ0v) is 10.4. The summed E-state index contributed by atoms with van der Waals surface area (Å²) in [6, 6.07) is 6.21. The van der Waals surface area contributed by atoms with E-state index in [0.717, 1.165) is 0 Å². The normalized spacial score (nSPS) is 10.4. The average Bonchev–Trinajstić information content (AvgIpc) is 2.27. The summed E-state index contributed by atoms with van der Waals surface area (Å²) in [6.07, 6.45) is 0. The number of rotatable bonds is 6. The van der Waals surface area contributed by atoms with Crippen molar-refractivity contribution in [3.05, 3.63) is 45.5 Å². The highest BCUT2D eigenvalue weighted by atomic mass is 16.7. The number of hydroxylamine groups is 1. The van der Waals surface area contributed by atoms with Gasteiger partial charge in [0.05, 0.1) is 5.56 Å². The predicted octanol–water partition coefficient (Wildman–Crippen LogP) is 1.78. The van der Waals surface area contributed by atoms with Gasteiger partial charge in [0.2, 0.25) is 6.54 Å². The van der Waals surface area contributed by atoms with E-state index in [2.05, 4.69) is 5.48 Å². The van der Waals surface area contributed by atoms with Gasteiger partial charge >= 0.3 is 5.97 Å². The Kier molecular flexibility index (Phi) is 5.26. The Morgan fingerprint density at radius 1 is 1.50 bits per heavy atom. The van der Waals surface area contributed by atoms with Gasteiger partial charge in [-0.15, -0.1) is 0 Å². The maximum Gasteiger partial charge on any atom is 0.356 e. The molecular weight excluding hydrogens is 236 g/mol. The molecule has 0 aliphatic heterocycles. The highest BCUT2D eigenvalue weighted by Gasteiger charge is 2.10. The predicted molar refractivity (Wildman–Crippen MR) is 65.4 cm³/mol. The molecule has 0 bridgehead atoms. The molecule has 0 fully saturated rings. The van der Waals surface area contributed by atoms with Crippen LogP contribution in [-0.4, -0.2) is 17.4 Å². The second-order valence-corrected chi connectivity index (χ2v) is 4.32. The first-order valence-electron chi connectivity index (χ1n) is 5.64. The molecule has 0 saturated carbocycles. The molecule has 0 aliphatic carbocycles. The van der Waals surface area contributed by atoms with Crippen LogP contribution in [0.15, 0.2) is 24.3 Å². The van der Waals surface area contributed by atoms with Crippen LogP contribution in [0.3, 0.4) is 0 Å². The van der Waals surface area contributed by atoms with Crippen LogP contribution in [-0.2, 0) is 11.4 Å². The molecule has 0 aliphatic rings. The molecule has 1 rings (SSSR count). The van der Waals surface area contributed by atoms with Crippen molar-refractivity contribution < 1.29 is 14.6 Å². The Labute approximate surface area is 105 Å². The molecule has 98 valence electrons. The Hall–Kier alpha value is -1.95. The molecule has 0 radical (unpaired) electrons. The van der Waals surface area contributed by atoms with Gasteiger partial charge in [-0.1, -0.05) is 26.0 Å². The summed E-state index contributed by atoms with van der Waals surface area (Å²) < 4.78 is 0. The fourth-order valence-corrected chi connectivity index (χ4v) is 1.28. The fourth-order valence-electron chi connectivity index (χ4n) is 1.28. The molecule has 0 aromatic heterocycles. The number of nitrogens with zero attached hydrogens (tertiary/aromatic N) is 1. The molecule has 0 saturated heterocycles. The lowest BCUT2D eigenvalue weighted by atomic mass is 10.1. The minimum Gasteiger partial charge on any atom is -0.367 e. The van der Waals surface area contributed by atoms with Crippen molar-refractivity contribution in [1.29, 1.82) is 0 Å². The van der Waals surface area contributed by atoms with Crippen molar-refractivity contribution in [3.63, 3.8) is 0 Å². The molecule has 0 amide bonds. The summed E-state index contributed by atoms with van der Waals surface area (Å²) in [5.74, 6) is -0.181. The summed E-state index contributed by atoms with van der Waals surface area (Å²) in [6.45, 7) is 4.22. The molecule has 0 unspecified atom stereocenters. The first-order chi connectivity index (χ1) is 8.49. The van der Waals surface area contributed by atoms with Gasteiger partial charge in [0.15, 0.2) is 0 Å². The second kappa shape index (κ2) is 6.70. The van der Waals surface area contributed by atoms with Crippen molar-refractivity contribution in [2.75, 3.05) is 6.54 Å². The van der Waals surface area contributed by atoms with E-state index in [4.69, 9.17) is 4.84 Å². The van der Waals surface area contributed by atoms with Crippen LogP contribution in [0.4, 0.5) is 0 Å². The third-order valence-electron chi connectivity index (χ3n) is 2.13. The van der Waals surface area contributed by atoms with Gasteiger partial charge in [-0.05, 0) is 18.1 Å². The summed E-state index contributed by atoms with van der Waals surface area (Å²) >= 11 is 0. The summed E-state index contributed by atoms with van der Waals surface area (Å²) in [4.78, 5) is 26.4. The minimum absolute atomic E-state index is 0.297. The van der Waals surface area contributed by atoms with E-state index in [9.17, 15) is 14.9 Å². The van der Waals surface area contributed by atoms with E-state index in [1.807, 2.05) is 13.8 Å². The molecule has 0 atom stereocenters. The van der Waals surface area contributed by atoms with Gasteiger partial charge in [0.25, 0.3) is 0 Å². The largest absolute Gasteiger partial charge is 0.367 e. The van der Waals surface area contributed by atoms with Gasteiger partial charge in [0.1, 0.15) is 0 Å². The van der Waals surface area contributed by atoms with Crippen molar-refractivity contribution in [3.8, 4) is 0 Å². The summed E-state index contributed by atoms with van der Waals surface area (Å²) in [5.41, 5.74) is 3.33. The molecule has 1 N–H and O–H groups in total. The zero-order chi connectivity index (χ0) is 13.5. The maximum absolute atomic E-state index is 11.6. The fraction of sp³-hybridized carbons (Fsp3) is 0.417. The van der Waals surface area contributed by atoms with E-state index in [1.165, 1.54) is 6.07 Å². The van der Waals surface area contributed by atoms with E-state index in [1.54, 1.807) is 18.2 Å². The van der Waals surface area contributed by atoms with Gasteiger partial charge in [0, 0.05) is 17.0 Å². The van der Waals surface area contributed by atoms with Gasteiger partial charge in [-0.3, -0.25) is 10.1 Å². The van der Waals surface area contributed by atoms with Crippen LogP contribution in [0.5, 0.6) is 0 Å². The van der Waals surface area contributed by atoms with Crippen LogP contribution >= 0.6 is 0 Å². The second-order valence-electron chi connectivity index (χ2n) is 4.32. The number of benzene rings is 1. The molecule has 1 aromatic carbocycles. The monoisotopic (exact) mass is 252 g/mol. The van der Waals surface area contributed by atoms with Crippen LogP contribution < -0.4 is 5.48 Å². The number of nitro groups is 1. The molecule has 6 nitrogen and oxygen atoms in total. The Morgan fingerprint density at radius 2 is 2.22 bits per heavy atom. The number of hydrogen-bond donors (Lipinski definition) is 1. The highest BCUT2D eigenvalue weighted by molar-refractivity contribution is 5.89. The van der Waals surface area contributed by atoms with Gasteiger partial charge < -0.3 is 4.84 Å². The van der Waals surface area contributed by atoms with Crippen molar-refractivity contribution in [2.45, 2.75) is 20.4 Å².